The number of hydrogen-bond acceptors (Lipinski definition) is 1. The third kappa shape index (κ3) is 2.48. The molecule has 0 aliphatic carbocycles. The summed E-state index contributed by atoms with van der Waals surface area (Å²) in [4.78, 5) is 0. The van der Waals surface area contributed by atoms with E-state index in [2.05, 4.69) is 30.8 Å². The summed E-state index contributed by atoms with van der Waals surface area (Å²) in [5.74, 6) is 0. The summed E-state index contributed by atoms with van der Waals surface area (Å²) in [6.45, 7) is 9.20. The molecule has 1 rings (SSSR count). The van der Waals surface area contributed by atoms with Crippen molar-refractivity contribution in [3.63, 3.8) is 0 Å². The molecular weight excluding hydrogens is 164 g/mol. The smallest absolute Gasteiger partial charge is 0.0596 e. The van der Waals surface area contributed by atoms with Crippen LogP contribution in [0.4, 0.5) is 0 Å². The Morgan fingerprint density at radius 3 is 2.33 bits per heavy atom. The van der Waals surface area contributed by atoms with Gasteiger partial charge in [0.15, 0.2) is 0 Å². The zero-order valence-corrected chi connectivity index (χ0v) is 9.68. The van der Waals surface area contributed by atoms with E-state index in [1.807, 2.05) is 18.7 Å². The van der Waals surface area contributed by atoms with Gasteiger partial charge in [-0.2, -0.15) is 5.10 Å². The molecule has 0 radical (unpaired) electrons. The Morgan fingerprint density at radius 1 is 1.42 bits per heavy atom. The lowest BCUT2D eigenvalue weighted by atomic mass is 10.4. The van der Waals surface area contributed by atoms with E-state index in [0.717, 1.165) is 5.69 Å². The van der Waals surface area contributed by atoms with Crippen LogP contribution < -0.4 is 0 Å². The molecule has 0 aliphatic heterocycles. The topological polar surface area (TPSA) is 17.8 Å². The Morgan fingerprint density at radius 2 is 2.00 bits per heavy atom. The molecule has 3 heteroatoms. The van der Waals surface area contributed by atoms with Crippen molar-refractivity contribution in [2.24, 2.45) is 7.05 Å². The lowest BCUT2D eigenvalue weighted by molar-refractivity contribution is 0.723. The van der Waals surface area contributed by atoms with Gasteiger partial charge in [0.2, 0.25) is 0 Å². The minimum absolute atomic E-state index is 0.977. The Labute approximate surface area is 75.6 Å². The molecule has 0 N–H and O–H groups in total. The molecule has 1 aromatic heterocycles. The molecule has 0 saturated carbocycles. The van der Waals surface area contributed by atoms with E-state index in [0.29, 0.717) is 0 Å². The molecule has 0 atom stereocenters. The van der Waals surface area contributed by atoms with Crippen LogP contribution in [0.5, 0.6) is 0 Å². The first kappa shape index (κ1) is 9.51. The molecule has 0 aromatic carbocycles. The largest absolute Gasteiger partial charge is 0.273 e. The highest BCUT2D eigenvalue weighted by molar-refractivity contribution is 6.75. The predicted octanol–water partition coefficient (Wildman–Crippen LogP) is 2.15. The average molecular weight is 182 g/mol. The van der Waals surface area contributed by atoms with Crippen molar-refractivity contribution >= 4 is 8.07 Å². The number of rotatable bonds is 2. The maximum atomic E-state index is 4.33. The zero-order chi connectivity index (χ0) is 9.35. The van der Waals surface area contributed by atoms with Crippen LogP contribution in [0.3, 0.4) is 0 Å². The maximum Gasteiger partial charge on any atom is 0.0596 e. The fourth-order valence-corrected chi connectivity index (χ4v) is 2.79. The first-order valence-electron chi connectivity index (χ1n) is 4.38. The zero-order valence-electron chi connectivity index (χ0n) is 8.68. The second-order valence-corrected chi connectivity index (χ2v) is 10.1. The summed E-state index contributed by atoms with van der Waals surface area (Å²) >= 11 is 0. The SMILES string of the molecule is Cc1cc(C[Si](C)(C)C)n(C)n1. The molecule has 1 heterocycles. The van der Waals surface area contributed by atoms with Gasteiger partial charge in [0, 0.05) is 12.7 Å². The molecule has 0 spiro atoms. The fourth-order valence-electron chi connectivity index (χ4n) is 1.37. The minimum atomic E-state index is -0.977. The second kappa shape index (κ2) is 3.05. The standard InChI is InChI=1S/C9H18N2Si/c1-8-6-9(11(2)10-8)7-12(3,4)5/h6H,7H2,1-5H3. The van der Waals surface area contributed by atoms with Gasteiger partial charge in [-0.1, -0.05) is 19.6 Å². The first-order valence-corrected chi connectivity index (χ1v) is 8.09. The van der Waals surface area contributed by atoms with Crippen LogP contribution in [0.1, 0.15) is 11.4 Å². The van der Waals surface area contributed by atoms with Crippen molar-refractivity contribution in [1.29, 1.82) is 0 Å². The fraction of sp³-hybridized carbons (Fsp3) is 0.667. The number of nitrogens with zero attached hydrogens (tertiary/aromatic N) is 2. The minimum Gasteiger partial charge on any atom is -0.273 e. The summed E-state index contributed by atoms with van der Waals surface area (Å²) in [6.07, 6.45) is 0. The molecule has 0 unspecified atom stereocenters. The molecule has 0 bridgehead atoms. The lowest BCUT2D eigenvalue weighted by Gasteiger charge is -2.15. The molecule has 0 fully saturated rings. The van der Waals surface area contributed by atoms with Gasteiger partial charge in [0.25, 0.3) is 0 Å². The molecule has 0 aliphatic rings. The maximum absolute atomic E-state index is 4.33. The monoisotopic (exact) mass is 182 g/mol. The summed E-state index contributed by atoms with van der Waals surface area (Å²) in [6, 6.07) is 3.42. The number of aryl methyl sites for hydroxylation is 2. The summed E-state index contributed by atoms with van der Waals surface area (Å²) < 4.78 is 2.01. The Bertz CT molecular complexity index is 271. The van der Waals surface area contributed by atoms with Gasteiger partial charge in [-0.25, -0.2) is 0 Å². The third-order valence-corrected chi connectivity index (χ3v) is 3.23. The van der Waals surface area contributed by atoms with Crippen LogP contribution in [-0.2, 0) is 13.1 Å². The number of hydrogen-bond donors (Lipinski definition) is 0. The van der Waals surface area contributed by atoms with Gasteiger partial charge in [0.1, 0.15) is 0 Å². The molecule has 12 heavy (non-hydrogen) atoms. The van der Waals surface area contributed by atoms with Crippen molar-refractivity contribution in [2.45, 2.75) is 32.6 Å². The van der Waals surface area contributed by atoms with Gasteiger partial charge < -0.3 is 0 Å². The van der Waals surface area contributed by atoms with Crippen LogP contribution in [0.25, 0.3) is 0 Å². The molecule has 68 valence electrons. The highest BCUT2D eigenvalue weighted by Gasteiger charge is 2.16. The normalized spacial score (nSPS) is 12.1. The van der Waals surface area contributed by atoms with Gasteiger partial charge in [-0.15, -0.1) is 0 Å². The van der Waals surface area contributed by atoms with Crippen LogP contribution >= 0.6 is 0 Å². The van der Waals surface area contributed by atoms with Crippen LogP contribution in [0.15, 0.2) is 6.07 Å². The van der Waals surface area contributed by atoms with Gasteiger partial charge in [-0.3, -0.25) is 4.68 Å². The van der Waals surface area contributed by atoms with Gasteiger partial charge in [0.05, 0.1) is 13.8 Å². The predicted molar refractivity (Wildman–Crippen MR) is 55.0 cm³/mol. The third-order valence-electron chi connectivity index (χ3n) is 1.81. The van der Waals surface area contributed by atoms with Gasteiger partial charge >= 0.3 is 0 Å². The van der Waals surface area contributed by atoms with Crippen molar-refractivity contribution < 1.29 is 0 Å². The Kier molecular flexibility index (Phi) is 2.42. The second-order valence-electron chi connectivity index (χ2n) is 4.64. The van der Waals surface area contributed by atoms with Crippen molar-refractivity contribution in [3.05, 3.63) is 17.5 Å². The van der Waals surface area contributed by atoms with E-state index in [4.69, 9.17) is 0 Å². The summed E-state index contributed by atoms with van der Waals surface area (Å²) in [7, 11) is 1.05. The van der Waals surface area contributed by atoms with Crippen molar-refractivity contribution in [2.75, 3.05) is 0 Å². The Hall–Kier alpha value is -0.573. The highest BCUT2D eigenvalue weighted by atomic mass is 28.3. The molecule has 1 aromatic rings. The van der Waals surface area contributed by atoms with E-state index >= 15 is 0 Å². The summed E-state index contributed by atoms with van der Waals surface area (Å²) in [5.41, 5.74) is 2.51. The van der Waals surface area contributed by atoms with E-state index in [-0.39, 0.29) is 0 Å². The van der Waals surface area contributed by atoms with Crippen molar-refractivity contribution in [3.8, 4) is 0 Å². The van der Waals surface area contributed by atoms with E-state index in [9.17, 15) is 0 Å². The van der Waals surface area contributed by atoms with E-state index in [1.54, 1.807) is 0 Å². The molecule has 2 nitrogen and oxygen atoms in total. The van der Waals surface area contributed by atoms with Crippen LogP contribution in [0.2, 0.25) is 19.6 Å². The highest BCUT2D eigenvalue weighted by Crippen LogP contribution is 2.11. The van der Waals surface area contributed by atoms with Crippen LogP contribution in [0, 0.1) is 6.92 Å². The van der Waals surface area contributed by atoms with E-state index < -0.39 is 8.07 Å². The molecule has 0 amide bonds. The Balaban J connectivity index is 2.82. The molecular formula is C9H18N2Si. The van der Waals surface area contributed by atoms with Crippen molar-refractivity contribution in [1.82, 2.24) is 9.78 Å². The average Bonchev–Trinajstić information content (AvgIpc) is 2.06. The molecule has 0 saturated heterocycles. The lowest BCUT2D eigenvalue weighted by Crippen LogP contribution is -2.25. The number of aromatic nitrogens is 2. The quantitative estimate of drug-likeness (QED) is 0.641. The first-order chi connectivity index (χ1) is 5.38. The van der Waals surface area contributed by atoms with Crippen LogP contribution in [-0.4, -0.2) is 17.9 Å². The van der Waals surface area contributed by atoms with Gasteiger partial charge in [-0.05, 0) is 19.0 Å². The summed E-state index contributed by atoms with van der Waals surface area (Å²) in [5, 5.41) is 4.33. The van der Waals surface area contributed by atoms with E-state index in [1.165, 1.54) is 11.7 Å².